The standard InChI is InChI=1S/C23H19F3N8/c24-14-34-13-16(10-29-34)22-23(31-21-11-28-18(9-27)8-20(21)30-22)33-5-3-32(4-6-33)12-15-1-2-17(25)7-19(15)26/h1-2,7-8,10-11,13H,3-6,12,14H2. The zero-order valence-electron chi connectivity index (χ0n) is 18.0. The minimum absolute atomic E-state index is 0.224. The molecule has 0 atom stereocenters. The Kier molecular flexibility index (Phi) is 5.81. The van der Waals surface area contributed by atoms with E-state index in [4.69, 9.17) is 15.2 Å². The molecule has 3 aromatic heterocycles. The van der Waals surface area contributed by atoms with E-state index in [0.717, 1.165) is 10.7 Å². The van der Waals surface area contributed by atoms with Crippen LogP contribution in [0.25, 0.3) is 22.3 Å². The van der Waals surface area contributed by atoms with Crippen LogP contribution in [0.1, 0.15) is 11.3 Å². The van der Waals surface area contributed by atoms with Crippen LogP contribution in [-0.2, 0) is 13.3 Å². The van der Waals surface area contributed by atoms with Gasteiger partial charge in [-0.15, -0.1) is 0 Å². The highest BCUT2D eigenvalue weighted by Crippen LogP contribution is 2.30. The van der Waals surface area contributed by atoms with Crippen molar-refractivity contribution in [2.24, 2.45) is 0 Å². The molecule has 8 nitrogen and oxygen atoms in total. The number of fused-ring (bicyclic) bond motifs is 1. The number of hydrogen-bond donors (Lipinski definition) is 0. The SMILES string of the molecule is N#Cc1cc2nc(-c3cnn(CF)c3)c(N3CCN(Cc4ccc(F)cc4F)CC3)nc2cn1. The van der Waals surface area contributed by atoms with Crippen LogP contribution in [0.4, 0.5) is 19.0 Å². The van der Waals surface area contributed by atoms with E-state index in [-0.39, 0.29) is 5.69 Å². The van der Waals surface area contributed by atoms with Gasteiger partial charge in [0.1, 0.15) is 34.6 Å². The highest BCUT2D eigenvalue weighted by atomic mass is 19.1. The quantitative estimate of drug-likeness (QED) is 0.448. The Labute approximate surface area is 192 Å². The molecule has 4 aromatic rings. The lowest BCUT2D eigenvalue weighted by Gasteiger charge is -2.36. The van der Waals surface area contributed by atoms with Crippen LogP contribution < -0.4 is 4.90 Å². The van der Waals surface area contributed by atoms with Gasteiger partial charge >= 0.3 is 0 Å². The van der Waals surface area contributed by atoms with Gasteiger partial charge in [-0.2, -0.15) is 10.4 Å². The third-order valence-corrected chi connectivity index (χ3v) is 5.76. The van der Waals surface area contributed by atoms with Gasteiger partial charge in [0.05, 0.1) is 17.9 Å². The molecule has 0 amide bonds. The van der Waals surface area contributed by atoms with E-state index in [1.807, 2.05) is 6.07 Å². The van der Waals surface area contributed by atoms with Gasteiger partial charge in [-0.25, -0.2) is 32.8 Å². The second-order valence-electron chi connectivity index (χ2n) is 7.95. The average molecular weight is 464 g/mol. The predicted octanol–water partition coefficient (Wildman–Crippen LogP) is 3.29. The monoisotopic (exact) mass is 464 g/mol. The smallest absolute Gasteiger partial charge is 0.181 e. The predicted molar refractivity (Wildman–Crippen MR) is 118 cm³/mol. The third kappa shape index (κ3) is 4.27. The summed E-state index contributed by atoms with van der Waals surface area (Å²) in [5.41, 5.74) is 2.84. The summed E-state index contributed by atoms with van der Waals surface area (Å²) in [6.07, 6.45) is 4.59. The summed E-state index contributed by atoms with van der Waals surface area (Å²) in [5.74, 6) is -0.551. The van der Waals surface area contributed by atoms with E-state index >= 15 is 0 Å². The van der Waals surface area contributed by atoms with Crippen LogP contribution in [0.5, 0.6) is 0 Å². The molecule has 1 fully saturated rings. The molecule has 0 aliphatic carbocycles. The molecular formula is C23H19F3N8. The highest BCUT2D eigenvalue weighted by molar-refractivity contribution is 5.83. The van der Waals surface area contributed by atoms with Crippen LogP contribution >= 0.6 is 0 Å². The van der Waals surface area contributed by atoms with Gasteiger partial charge < -0.3 is 4.90 Å². The van der Waals surface area contributed by atoms with Crippen LogP contribution in [0, 0.1) is 23.0 Å². The number of nitrogens with zero attached hydrogens (tertiary/aromatic N) is 8. The van der Waals surface area contributed by atoms with Crippen LogP contribution in [0.15, 0.2) is 42.9 Å². The van der Waals surface area contributed by atoms with Crippen molar-refractivity contribution in [2.75, 3.05) is 31.1 Å². The van der Waals surface area contributed by atoms with Crippen molar-refractivity contribution >= 4 is 16.9 Å². The first kappa shape index (κ1) is 21.8. The zero-order valence-corrected chi connectivity index (χ0v) is 18.0. The lowest BCUT2D eigenvalue weighted by Crippen LogP contribution is -2.46. The number of alkyl halides is 1. The number of aromatic nitrogens is 5. The second-order valence-corrected chi connectivity index (χ2v) is 7.95. The van der Waals surface area contributed by atoms with E-state index in [1.165, 1.54) is 24.5 Å². The first-order valence-electron chi connectivity index (χ1n) is 10.6. The number of nitriles is 1. The summed E-state index contributed by atoms with van der Waals surface area (Å²) in [4.78, 5) is 17.7. The summed E-state index contributed by atoms with van der Waals surface area (Å²) in [7, 11) is 0. The van der Waals surface area contributed by atoms with Gasteiger partial charge in [0.15, 0.2) is 12.6 Å². The molecule has 0 N–H and O–H groups in total. The van der Waals surface area contributed by atoms with Crippen LogP contribution in [0.3, 0.4) is 0 Å². The number of piperazine rings is 1. The van der Waals surface area contributed by atoms with E-state index in [2.05, 4.69) is 19.9 Å². The summed E-state index contributed by atoms with van der Waals surface area (Å²) >= 11 is 0. The van der Waals surface area contributed by atoms with Gasteiger partial charge in [0.2, 0.25) is 0 Å². The normalized spacial score (nSPS) is 14.5. The summed E-state index contributed by atoms with van der Waals surface area (Å²) in [5, 5.41) is 13.2. The molecule has 0 unspecified atom stereocenters. The number of pyridine rings is 1. The van der Waals surface area contributed by atoms with Gasteiger partial charge in [0.25, 0.3) is 0 Å². The van der Waals surface area contributed by atoms with Gasteiger partial charge in [-0.05, 0) is 6.07 Å². The maximum atomic E-state index is 14.1. The molecule has 1 saturated heterocycles. The van der Waals surface area contributed by atoms with E-state index in [0.29, 0.717) is 66.4 Å². The third-order valence-electron chi connectivity index (χ3n) is 5.76. The number of anilines is 1. The molecule has 1 aliphatic heterocycles. The average Bonchev–Trinajstić information content (AvgIpc) is 3.34. The van der Waals surface area contributed by atoms with Gasteiger partial charge in [-0.3, -0.25) is 4.90 Å². The largest absolute Gasteiger partial charge is 0.352 e. The lowest BCUT2D eigenvalue weighted by molar-refractivity contribution is 0.246. The molecule has 172 valence electrons. The van der Waals surface area contributed by atoms with Crippen molar-refractivity contribution in [1.29, 1.82) is 5.26 Å². The zero-order chi connectivity index (χ0) is 23.7. The molecule has 0 spiro atoms. The van der Waals surface area contributed by atoms with Gasteiger partial charge in [-0.1, -0.05) is 6.07 Å². The summed E-state index contributed by atoms with van der Waals surface area (Å²) < 4.78 is 41.5. The number of hydrogen-bond acceptors (Lipinski definition) is 7. The molecule has 1 aliphatic rings. The van der Waals surface area contributed by atoms with E-state index < -0.39 is 18.4 Å². The maximum Gasteiger partial charge on any atom is 0.181 e. The fourth-order valence-corrected chi connectivity index (χ4v) is 3.99. The first-order chi connectivity index (χ1) is 16.5. The fraction of sp³-hybridized carbons (Fsp3) is 0.261. The number of rotatable bonds is 5. The minimum Gasteiger partial charge on any atom is -0.352 e. The van der Waals surface area contributed by atoms with Gasteiger partial charge in [0, 0.05) is 62.2 Å². The molecule has 1 aromatic carbocycles. The van der Waals surface area contributed by atoms with E-state index in [1.54, 1.807) is 12.3 Å². The maximum absolute atomic E-state index is 14.1. The Morgan fingerprint density at radius 2 is 1.82 bits per heavy atom. The molecule has 11 heteroatoms. The first-order valence-corrected chi connectivity index (χ1v) is 10.6. The van der Waals surface area contributed by atoms with Crippen molar-refractivity contribution < 1.29 is 13.2 Å². The van der Waals surface area contributed by atoms with Crippen molar-refractivity contribution in [2.45, 2.75) is 13.3 Å². The fourth-order valence-electron chi connectivity index (χ4n) is 3.99. The molecule has 5 rings (SSSR count). The van der Waals surface area contributed by atoms with E-state index in [9.17, 15) is 13.2 Å². The Balaban J connectivity index is 1.43. The Morgan fingerprint density at radius 1 is 1.00 bits per heavy atom. The molecule has 0 bridgehead atoms. The Bertz CT molecular complexity index is 1390. The number of halogens is 3. The van der Waals surface area contributed by atoms with Crippen LogP contribution in [-0.4, -0.2) is 55.8 Å². The summed E-state index contributed by atoms with van der Waals surface area (Å²) in [6.45, 7) is 2.06. The Morgan fingerprint density at radius 3 is 2.53 bits per heavy atom. The highest BCUT2D eigenvalue weighted by Gasteiger charge is 2.24. The topological polar surface area (TPSA) is 86.8 Å². The molecule has 0 radical (unpaired) electrons. The molecule has 0 saturated carbocycles. The van der Waals surface area contributed by atoms with Crippen LogP contribution in [0.2, 0.25) is 0 Å². The van der Waals surface area contributed by atoms with Crippen molar-refractivity contribution in [3.8, 4) is 17.3 Å². The Hall–Kier alpha value is -4.04. The number of benzene rings is 1. The van der Waals surface area contributed by atoms with Crippen molar-refractivity contribution in [1.82, 2.24) is 29.6 Å². The molecule has 4 heterocycles. The minimum atomic E-state index is -0.766. The molecule has 34 heavy (non-hydrogen) atoms. The second kappa shape index (κ2) is 9.07. The lowest BCUT2D eigenvalue weighted by atomic mass is 10.1. The van der Waals surface area contributed by atoms with Crippen molar-refractivity contribution in [3.63, 3.8) is 0 Å². The van der Waals surface area contributed by atoms with Crippen molar-refractivity contribution in [3.05, 3.63) is 65.7 Å². The summed E-state index contributed by atoms with van der Waals surface area (Å²) in [6, 6.07) is 7.17. The molecular weight excluding hydrogens is 445 g/mol.